The van der Waals surface area contributed by atoms with Crippen LogP contribution in [0.5, 0.6) is 0 Å². The highest BCUT2D eigenvalue weighted by atomic mass is 35.5. The fourth-order valence-electron chi connectivity index (χ4n) is 4.44. The van der Waals surface area contributed by atoms with Gasteiger partial charge < -0.3 is 4.74 Å². The van der Waals surface area contributed by atoms with Crippen LogP contribution in [0, 0.1) is 5.92 Å². The van der Waals surface area contributed by atoms with Crippen molar-refractivity contribution in [2.45, 2.75) is 31.7 Å². The quantitative estimate of drug-likeness (QED) is 0.722. The molecule has 136 valence electrons. The van der Waals surface area contributed by atoms with Crippen molar-refractivity contribution in [2.24, 2.45) is 5.92 Å². The second-order valence-electron chi connectivity index (χ2n) is 7.31. The van der Waals surface area contributed by atoms with E-state index in [4.69, 9.17) is 16.3 Å². The minimum atomic E-state index is -0.0531. The van der Waals surface area contributed by atoms with E-state index in [0.717, 1.165) is 43.8 Å². The second-order valence-corrected chi connectivity index (χ2v) is 7.75. The Balaban J connectivity index is 1.50. The van der Waals surface area contributed by atoms with E-state index < -0.39 is 0 Å². The van der Waals surface area contributed by atoms with Gasteiger partial charge in [0, 0.05) is 11.1 Å². The standard InChI is InChI=1S/C22H24ClNO2/c1-26-22(25)15-9-11-24(12-10-15)21-8-6-18-13-17(5-7-20(18)21)16-3-2-4-19(23)14-16/h2-5,7,13-15,21H,6,8-12H2,1H3. The summed E-state index contributed by atoms with van der Waals surface area (Å²) in [5.74, 6) is 0.0185. The lowest BCUT2D eigenvalue weighted by Crippen LogP contribution is -2.38. The fourth-order valence-corrected chi connectivity index (χ4v) is 4.63. The van der Waals surface area contributed by atoms with Crippen molar-refractivity contribution in [3.8, 4) is 11.1 Å². The van der Waals surface area contributed by atoms with Gasteiger partial charge in [-0.1, -0.05) is 41.9 Å². The predicted octanol–water partition coefficient (Wildman–Crippen LogP) is 4.88. The van der Waals surface area contributed by atoms with Crippen LogP contribution >= 0.6 is 11.6 Å². The molecule has 0 radical (unpaired) electrons. The SMILES string of the molecule is COC(=O)C1CCN(C2CCc3cc(-c4cccc(Cl)c4)ccc32)CC1. The van der Waals surface area contributed by atoms with E-state index in [9.17, 15) is 4.79 Å². The number of likely N-dealkylation sites (tertiary alicyclic amines) is 1. The molecule has 4 heteroatoms. The van der Waals surface area contributed by atoms with E-state index >= 15 is 0 Å². The topological polar surface area (TPSA) is 29.5 Å². The van der Waals surface area contributed by atoms with Crippen molar-refractivity contribution in [2.75, 3.05) is 20.2 Å². The number of aryl methyl sites for hydroxylation is 1. The maximum absolute atomic E-state index is 11.7. The normalized spacial score (nSPS) is 20.8. The molecule has 1 saturated heterocycles. The molecular weight excluding hydrogens is 346 g/mol. The minimum absolute atomic E-state index is 0.0531. The third-order valence-corrected chi connectivity index (χ3v) is 6.09. The Bertz CT molecular complexity index is 812. The van der Waals surface area contributed by atoms with Crippen molar-refractivity contribution in [1.82, 2.24) is 4.90 Å². The molecule has 2 aromatic carbocycles. The number of hydrogen-bond donors (Lipinski definition) is 0. The molecule has 3 nitrogen and oxygen atoms in total. The molecule has 1 unspecified atom stereocenters. The van der Waals surface area contributed by atoms with Gasteiger partial charge in [0.25, 0.3) is 0 Å². The van der Waals surface area contributed by atoms with E-state index in [0.29, 0.717) is 6.04 Å². The maximum atomic E-state index is 11.7. The summed E-state index contributed by atoms with van der Waals surface area (Å²) in [5, 5.41) is 0.773. The van der Waals surface area contributed by atoms with Gasteiger partial charge in [0.1, 0.15) is 0 Å². The Kier molecular flexibility index (Phi) is 5.01. The number of rotatable bonds is 3. The van der Waals surface area contributed by atoms with Crippen LogP contribution in [0.4, 0.5) is 0 Å². The van der Waals surface area contributed by atoms with Crippen LogP contribution in [0.25, 0.3) is 11.1 Å². The summed E-state index contributed by atoms with van der Waals surface area (Å²) in [6.45, 7) is 1.94. The molecule has 4 rings (SSSR count). The number of esters is 1. The molecule has 0 bridgehead atoms. The van der Waals surface area contributed by atoms with Crippen molar-refractivity contribution >= 4 is 17.6 Å². The van der Waals surface area contributed by atoms with Crippen molar-refractivity contribution < 1.29 is 9.53 Å². The molecule has 0 saturated carbocycles. The average molecular weight is 370 g/mol. The van der Waals surface area contributed by atoms with Crippen LogP contribution in [-0.2, 0) is 16.0 Å². The number of carbonyl (C=O) groups is 1. The summed E-state index contributed by atoms with van der Waals surface area (Å²) in [5.41, 5.74) is 5.30. The third-order valence-electron chi connectivity index (χ3n) is 5.85. The first kappa shape index (κ1) is 17.6. The summed E-state index contributed by atoms with van der Waals surface area (Å²) >= 11 is 6.14. The number of hydrogen-bond acceptors (Lipinski definition) is 3. The average Bonchev–Trinajstić information content (AvgIpc) is 3.10. The summed E-state index contributed by atoms with van der Waals surface area (Å²) in [6.07, 6.45) is 4.08. The van der Waals surface area contributed by atoms with Gasteiger partial charge in [-0.3, -0.25) is 9.69 Å². The molecule has 0 aromatic heterocycles. The number of carbonyl (C=O) groups excluding carboxylic acids is 1. The zero-order valence-electron chi connectivity index (χ0n) is 15.1. The highest BCUT2D eigenvalue weighted by molar-refractivity contribution is 6.30. The monoisotopic (exact) mass is 369 g/mol. The minimum Gasteiger partial charge on any atom is -0.469 e. The second kappa shape index (κ2) is 7.42. The highest BCUT2D eigenvalue weighted by Crippen LogP contribution is 2.39. The first-order valence-electron chi connectivity index (χ1n) is 9.36. The van der Waals surface area contributed by atoms with Crippen LogP contribution < -0.4 is 0 Å². The molecule has 0 N–H and O–H groups in total. The first-order chi connectivity index (χ1) is 12.7. The predicted molar refractivity (Wildman–Crippen MR) is 104 cm³/mol. The molecule has 1 atom stereocenters. The van der Waals surface area contributed by atoms with Crippen LogP contribution in [0.1, 0.15) is 36.4 Å². The van der Waals surface area contributed by atoms with Gasteiger partial charge >= 0.3 is 5.97 Å². The number of piperidine rings is 1. The molecular formula is C22H24ClNO2. The lowest BCUT2D eigenvalue weighted by Gasteiger charge is -2.35. The largest absolute Gasteiger partial charge is 0.469 e. The lowest BCUT2D eigenvalue weighted by atomic mass is 9.94. The molecule has 2 aliphatic rings. The highest BCUT2D eigenvalue weighted by Gasteiger charge is 2.33. The van der Waals surface area contributed by atoms with E-state index in [-0.39, 0.29) is 11.9 Å². The summed E-state index contributed by atoms with van der Waals surface area (Å²) in [6, 6.07) is 15.3. The lowest BCUT2D eigenvalue weighted by molar-refractivity contribution is -0.147. The molecule has 0 amide bonds. The van der Waals surface area contributed by atoms with Crippen molar-refractivity contribution in [3.05, 3.63) is 58.6 Å². The summed E-state index contributed by atoms with van der Waals surface area (Å²) < 4.78 is 4.90. The Labute approximate surface area is 159 Å². The molecule has 26 heavy (non-hydrogen) atoms. The zero-order valence-corrected chi connectivity index (χ0v) is 15.8. The number of halogens is 1. The van der Waals surface area contributed by atoms with Gasteiger partial charge in [-0.25, -0.2) is 0 Å². The number of ether oxygens (including phenoxy) is 1. The van der Waals surface area contributed by atoms with Gasteiger partial charge in [0.15, 0.2) is 0 Å². The van der Waals surface area contributed by atoms with Crippen LogP contribution in [0.3, 0.4) is 0 Å². The number of methoxy groups -OCH3 is 1. The fraction of sp³-hybridized carbons (Fsp3) is 0.409. The molecule has 2 aromatic rings. The van der Waals surface area contributed by atoms with Crippen molar-refractivity contribution in [3.63, 3.8) is 0 Å². The molecule has 1 heterocycles. The van der Waals surface area contributed by atoms with Gasteiger partial charge in [0.05, 0.1) is 13.0 Å². The van der Waals surface area contributed by atoms with E-state index in [1.807, 2.05) is 18.2 Å². The van der Waals surface area contributed by atoms with Crippen LogP contribution in [0.2, 0.25) is 5.02 Å². The maximum Gasteiger partial charge on any atom is 0.308 e. The first-order valence-corrected chi connectivity index (χ1v) is 9.74. The summed E-state index contributed by atoms with van der Waals surface area (Å²) in [4.78, 5) is 14.3. The Morgan fingerprint density at radius 3 is 2.58 bits per heavy atom. The third kappa shape index (κ3) is 3.38. The van der Waals surface area contributed by atoms with Gasteiger partial charge in [0.2, 0.25) is 0 Å². The van der Waals surface area contributed by atoms with Crippen LogP contribution in [0.15, 0.2) is 42.5 Å². The number of benzene rings is 2. The van der Waals surface area contributed by atoms with E-state index in [1.54, 1.807) is 0 Å². The molecule has 1 aliphatic heterocycles. The van der Waals surface area contributed by atoms with Gasteiger partial charge in [-0.15, -0.1) is 0 Å². The van der Waals surface area contributed by atoms with Gasteiger partial charge in [-0.2, -0.15) is 0 Å². The van der Waals surface area contributed by atoms with E-state index in [1.165, 1.54) is 29.4 Å². The molecule has 1 fully saturated rings. The van der Waals surface area contributed by atoms with Crippen LogP contribution in [-0.4, -0.2) is 31.1 Å². The smallest absolute Gasteiger partial charge is 0.308 e. The summed E-state index contributed by atoms with van der Waals surface area (Å²) in [7, 11) is 1.49. The Morgan fingerprint density at radius 1 is 1.08 bits per heavy atom. The van der Waals surface area contributed by atoms with E-state index in [2.05, 4.69) is 29.2 Å². The zero-order chi connectivity index (χ0) is 18.1. The van der Waals surface area contributed by atoms with Gasteiger partial charge in [-0.05, 0) is 73.2 Å². The number of nitrogens with zero attached hydrogens (tertiary/aromatic N) is 1. The Morgan fingerprint density at radius 2 is 1.85 bits per heavy atom. The molecule has 1 aliphatic carbocycles. The molecule has 0 spiro atoms. The van der Waals surface area contributed by atoms with Crippen molar-refractivity contribution in [1.29, 1.82) is 0 Å². The Hall–Kier alpha value is -1.84. The number of fused-ring (bicyclic) bond motifs is 1.